The standard InChI is InChI=1S/C14H14N2O4/c1-16(2)12-6-9(7-13(17)18)15-11-4-3-8(14(19)20)5-10(11)12/h3-6H,7H2,1-2H3,(H,17,18)(H,19,20). The van der Waals surface area contributed by atoms with E-state index in [1.807, 2.05) is 14.1 Å². The summed E-state index contributed by atoms with van der Waals surface area (Å²) in [4.78, 5) is 27.9. The van der Waals surface area contributed by atoms with Gasteiger partial charge < -0.3 is 15.1 Å². The lowest BCUT2D eigenvalue weighted by molar-refractivity contribution is -0.136. The number of pyridine rings is 1. The Morgan fingerprint density at radius 2 is 1.90 bits per heavy atom. The second kappa shape index (κ2) is 5.16. The molecule has 0 saturated carbocycles. The van der Waals surface area contributed by atoms with E-state index in [1.54, 1.807) is 23.1 Å². The molecule has 1 aromatic carbocycles. The van der Waals surface area contributed by atoms with Crippen LogP contribution in [0.5, 0.6) is 0 Å². The number of hydrogen-bond donors (Lipinski definition) is 2. The van der Waals surface area contributed by atoms with Gasteiger partial charge in [-0.25, -0.2) is 4.79 Å². The van der Waals surface area contributed by atoms with Crippen molar-refractivity contribution in [2.75, 3.05) is 19.0 Å². The summed E-state index contributed by atoms with van der Waals surface area (Å²) in [5.74, 6) is -1.96. The molecule has 20 heavy (non-hydrogen) atoms. The Labute approximate surface area is 115 Å². The van der Waals surface area contributed by atoms with Gasteiger partial charge in [0, 0.05) is 25.2 Å². The molecule has 0 radical (unpaired) electrons. The van der Waals surface area contributed by atoms with Gasteiger partial charge in [0.2, 0.25) is 0 Å². The molecule has 0 aliphatic carbocycles. The molecule has 0 aliphatic heterocycles. The molecule has 0 unspecified atom stereocenters. The fraction of sp³-hybridized carbons (Fsp3) is 0.214. The van der Waals surface area contributed by atoms with Gasteiger partial charge in [-0.05, 0) is 24.3 Å². The Balaban J connectivity index is 2.68. The van der Waals surface area contributed by atoms with Gasteiger partial charge >= 0.3 is 11.9 Å². The van der Waals surface area contributed by atoms with E-state index in [0.29, 0.717) is 16.6 Å². The minimum Gasteiger partial charge on any atom is -0.481 e. The molecular weight excluding hydrogens is 260 g/mol. The van der Waals surface area contributed by atoms with Crippen molar-refractivity contribution >= 4 is 28.5 Å². The average Bonchev–Trinajstić information content (AvgIpc) is 2.36. The number of rotatable bonds is 4. The molecule has 0 bridgehead atoms. The van der Waals surface area contributed by atoms with Gasteiger partial charge in [-0.3, -0.25) is 9.78 Å². The number of carboxylic acids is 2. The van der Waals surface area contributed by atoms with E-state index < -0.39 is 11.9 Å². The van der Waals surface area contributed by atoms with Crippen molar-refractivity contribution < 1.29 is 19.8 Å². The molecule has 0 saturated heterocycles. The first-order valence-corrected chi connectivity index (χ1v) is 5.94. The predicted octanol–water partition coefficient (Wildman–Crippen LogP) is 1.63. The summed E-state index contributed by atoms with van der Waals surface area (Å²) >= 11 is 0. The number of fused-ring (bicyclic) bond motifs is 1. The molecular formula is C14H14N2O4. The minimum absolute atomic E-state index is 0.169. The van der Waals surface area contributed by atoms with Crippen molar-refractivity contribution in [3.8, 4) is 0 Å². The number of aromatic nitrogens is 1. The summed E-state index contributed by atoms with van der Waals surface area (Å²) < 4.78 is 0. The monoisotopic (exact) mass is 274 g/mol. The van der Waals surface area contributed by atoms with Gasteiger partial charge in [0.25, 0.3) is 0 Å². The Hall–Kier alpha value is -2.63. The smallest absolute Gasteiger partial charge is 0.335 e. The van der Waals surface area contributed by atoms with E-state index in [9.17, 15) is 9.59 Å². The second-order valence-corrected chi connectivity index (χ2v) is 4.63. The minimum atomic E-state index is -1.01. The maximum atomic E-state index is 11.0. The summed E-state index contributed by atoms with van der Waals surface area (Å²) in [6.45, 7) is 0. The van der Waals surface area contributed by atoms with Crippen LogP contribution in [0.15, 0.2) is 24.3 Å². The lowest BCUT2D eigenvalue weighted by Crippen LogP contribution is -2.12. The van der Waals surface area contributed by atoms with Crippen LogP contribution in [-0.4, -0.2) is 41.2 Å². The third-order valence-electron chi connectivity index (χ3n) is 2.90. The van der Waals surface area contributed by atoms with Crippen molar-refractivity contribution in [3.05, 3.63) is 35.5 Å². The Kier molecular flexibility index (Phi) is 3.56. The molecule has 0 atom stereocenters. The number of benzene rings is 1. The fourth-order valence-corrected chi connectivity index (χ4v) is 2.01. The van der Waals surface area contributed by atoms with Gasteiger partial charge in [0.1, 0.15) is 0 Å². The number of aliphatic carboxylic acids is 1. The molecule has 104 valence electrons. The summed E-state index contributed by atoms with van der Waals surface area (Å²) in [6.07, 6.45) is -0.169. The maximum Gasteiger partial charge on any atom is 0.335 e. The van der Waals surface area contributed by atoms with E-state index in [-0.39, 0.29) is 12.0 Å². The van der Waals surface area contributed by atoms with E-state index in [1.165, 1.54) is 6.07 Å². The highest BCUT2D eigenvalue weighted by atomic mass is 16.4. The van der Waals surface area contributed by atoms with Crippen LogP contribution in [0.1, 0.15) is 16.1 Å². The van der Waals surface area contributed by atoms with Crippen LogP contribution < -0.4 is 4.90 Å². The van der Waals surface area contributed by atoms with Crippen LogP contribution in [0.2, 0.25) is 0 Å². The summed E-state index contributed by atoms with van der Waals surface area (Å²) in [6, 6.07) is 6.27. The third-order valence-corrected chi connectivity index (χ3v) is 2.90. The van der Waals surface area contributed by atoms with Crippen LogP contribution in [0, 0.1) is 0 Å². The second-order valence-electron chi connectivity index (χ2n) is 4.63. The quantitative estimate of drug-likeness (QED) is 0.880. The largest absolute Gasteiger partial charge is 0.481 e. The van der Waals surface area contributed by atoms with Crippen LogP contribution in [0.4, 0.5) is 5.69 Å². The number of anilines is 1. The lowest BCUT2D eigenvalue weighted by Gasteiger charge is -2.16. The van der Waals surface area contributed by atoms with Gasteiger partial charge in [-0.1, -0.05) is 0 Å². The number of carbonyl (C=O) groups is 2. The van der Waals surface area contributed by atoms with Crippen LogP contribution in [0.3, 0.4) is 0 Å². The molecule has 2 N–H and O–H groups in total. The highest BCUT2D eigenvalue weighted by Crippen LogP contribution is 2.26. The zero-order chi connectivity index (χ0) is 14.9. The molecule has 2 rings (SSSR count). The van der Waals surface area contributed by atoms with E-state index in [0.717, 1.165) is 5.69 Å². The molecule has 1 aromatic heterocycles. The van der Waals surface area contributed by atoms with Crippen molar-refractivity contribution in [1.82, 2.24) is 4.98 Å². The van der Waals surface area contributed by atoms with E-state index >= 15 is 0 Å². The Morgan fingerprint density at radius 3 is 2.45 bits per heavy atom. The Bertz CT molecular complexity index is 695. The van der Waals surface area contributed by atoms with Crippen LogP contribution in [-0.2, 0) is 11.2 Å². The first kappa shape index (κ1) is 13.8. The topological polar surface area (TPSA) is 90.7 Å². The zero-order valence-corrected chi connectivity index (χ0v) is 11.1. The highest BCUT2D eigenvalue weighted by molar-refractivity contribution is 5.98. The molecule has 6 heteroatoms. The molecule has 0 amide bonds. The predicted molar refractivity (Wildman–Crippen MR) is 74.4 cm³/mol. The first-order chi connectivity index (χ1) is 9.38. The van der Waals surface area contributed by atoms with E-state index in [2.05, 4.69) is 4.98 Å². The van der Waals surface area contributed by atoms with E-state index in [4.69, 9.17) is 10.2 Å². The number of nitrogens with zero attached hydrogens (tertiary/aromatic N) is 2. The van der Waals surface area contributed by atoms with Crippen molar-refractivity contribution in [3.63, 3.8) is 0 Å². The van der Waals surface area contributed by atoms with Crippen molar-refractivity contribution in [2.45, 2.75) is 6.42 Å². The van der Waals surface area contributed by atoms with Crippen molar-refractivity contribution in [2.24, 2.45) is 0 Å². The normalized spacial score (nSPS) is 10.5. The highest BCUT2D eigenvalue weighted by Gasteiger charge is 2.12. The van der Waals surface area contributed by atoms with Crippen LogP contribution in [0.25, 0.3) is 10.9 Å². The first-order valence-electron chi connectivity index (χ1n) is 5.94. The molecule has 6 nitrogen and oxygen atoms in total. The van der Waals surface area contributed by atoms with Crippen LogP contribution >= 0.6 is 0 Å². The number of carboxylic acid groups (broad SMARTS) is 2. The summed E-state index contributed by atoms with van der Waals surface area (Å²) in [7, 11) is 3.62. The summed E-state index contributed by atoms with van der Waals surface area (Å²) in [5.41, 5.74) is 1.94. The lowest BCUT2D eigenvalue weighted by atomic mass is 10.1. The third kappa shape index (κ3) is 2.69. The summed E-state index contributed by atoms with van der Waals surface area (Å²) in [5, 5.41) is 18.6. The molecule has 1 heterocycles. The SMILES string of the molecule is CN(C)c1cc(CC(=O)O)nc2ccc(C(=O)O)cc12. The van der Waals surface area contributed by atoms with Gasteiger partial charge in [0.15, 0.2) is 0 Å². The molecule has 0 fully saturated rings. The number of hydrogen-bond acceptors (Lipinski definition) is 4. The Morgan fingerprint density at radius 1 is 1.20 bits per heavy atom. The maximum absolute atomic E-state index is 11.0. The van der Waals surface area contributed by atoms with Gasteiger partial charge in [0.05, 0.1) is 23.2 Å². The van der Waals surface area contributed by atoms with Crippen molar-refractivity contribution in [1.29, 1.82) is 0 Å². The molecule has 0 spiro atoms. The molecule has 2 aromatic rings. The zero-order valence-electron chi connectivity index (χ0n) is 11.1. The molecule has 0 aliphatic rings. The fourth-order valence-electron chi connectivity index (χ4n) is 2.01. The average molecular weight is 274 g/mol. The van der Waals surface area contributed by atoms with Gasteiger partial charge in [-0.2, -0.15) is 0 Å². The van der Waals surface area contributed by atoms with Gasteiger partial charge in [-0.15, -0.1) is 0 Å². The number of aromatic carboxylic acids is 1.